The van der Waals surface area contributed by atoms with Crippen molar-refractivity contribution in [3.05, 3.63) is 54.0 Å². The molecule has 3 aromatic rings. The van der Waals surface area contributed by atoms with Gasteiger partial charge in [0.25, 0.3) is 5.91 Å². The molecule has 2 amide bonds. The molecule has 8 heteroatoms. The van der Waals surface area contributed by atoms with Crippen LogP contribution in [0, 0.1) is 0 Å². The maximum atomic E-state index is 12.6. The molecule has 1 fully saturated rings. The smallest absolute Gasteiger partial charge is 0.342 e. The number of hydrogen-bond acceptors (Lipinski definition) is 4. The summed E-state index contributed by atoms with van der Waals surface area (Å²) in [6.45, 7) is 2.57. The van der Waals surface area contributed by atoms with Crippen LogP contribution in [-0.2, 0) is 7.05 Å². The van der Waals surface area contributed by atoms with Crippen molar-refractivity contribution in [1.82, 2.24) is 19.7 Å². The Bertz CT molecular complexity index is 1110. The van der Waals surface area contributed by atoms with Crippen LogP contribution in [0.4, 0.5) is 10.5 Å². The second-order valence-corrected chi connectivity index (χ2v) is 7.92. The Kier molecular flexibility index (Phi) is 5.79. The van der Waals surface area contributed by atoms with E-state index in [1.165, 1.54) is 10.7 Å². The van der Waals surface area contributed by atoms with Gasteiger partial charge in [0.05, 0.1) is 11.4 Å². The number of carbonyl (C=O) groups excluding carboxylic acids is 2. The van der Waals surface area contributed by atoms with Gasteiger partial charge in [0.15, 0.2) is 0 Å². The van der Waals surface area contributed by atoms with E-state index in [1.807, 2.05) is 13.0 Å². The third-order valence-electron chi connectivity index (χ3n) is 5.69. The average Bonchev–Trinajstić information content (AvgIpc) is 3.33. The first-order chi connectivity index (χ1) is 15.0. The lowest BCUT2D eigenvalue weighted by molar-refractivity contribution is 0.101. The van der Waals surface area contributed by atoms with Crippen molar-refractivity contribution in [3.8, 4) is 17.0 Å². The van der Waals surface area contributed by atoms with E-state index in [-0.39, 0.29) is 23.6 Å². The van der Waals surface area contributed by atoms with Crippen molar-refractivity contribution in [3.63, 3.8) is 0 Å². The van der Waals surface area contributed by atoms with Crippen LogP contribution in [0.3, 0.4) is 0 Å². The molecule has 1 aliphatic carbocycles. The van der Waals surface area contributed by atoms with Crippen molar-refractivity contribution in [2.24, 2.45) is 7.05 Å². The molecule has 3 N–H and O–H groups in total. The lowest BCUT2D eigenvalue weighted by atomic mass is 9.82. The summed E-state index contributed by atoms with van der Waals surface area (Å²) in [7, 11) is 1.80. The fourth-order valence-electron chi connectivity index (χ4n) is 3.70. The first-order valence-corrected chi connectivity index (χ1v) is 10.6. The lowest BCUT2D eigenvalue weighted by Gasteiger charge is -2.25. The number of aromatic nitrogens is 3. The largest absolute Gasteiger partial charge is 0.507 e. The second kappa shape index (κ2) is 8.67. The van der Waals surface area contributed by atoms with Gasteiger partial charge >= 0.3 is 6.03 Å². The second-order valence-electron chi connectivity index (χ2n) is 7.92. The molecule has 0 atom stereocenters. The van der Waals surface area contributed by atoms with Gasteiger partial charge in [-0.3, -0.25) is 4.79 Å². The van der Waals surface area contributed by atoms with Gasteiger partial charge in [0, 0.05) is 37.0 Å². The van der Waals surface area contributed by atoms with Crippen LogP contribution in [0.15, 0.2) is 42.6 Å². The fraction of sp³-hybridized carbons (Fsp3) is 0.348. The van der Waals surface area contributed by atoms with E-state index in [2.05, 4.69) is 15.7 Å². The van der Waals surface area contributed by atoms with Crippen LogP contribution < -0.4 is 10.6 Å². The maximum Gasteiger partial charge on any atom is 0.342 e. The van der Waals surface area contributed by atoms with E-state index >= 15 is 0 Å². The number of anilines is 1. The van der Waals surface area contributed by atoms with Crippen LogP contribution in [-0.4, -0.2) is 37.9 Å². The quantitative estimate of drug-likeness (QED) is 0.522. The number of carbonyl (C=O) groups is 2. The zero-order chi connectivity index (χ0) is 22.0. The summed E-state index contributed by atoms with van der Waals surface area (Å²) >= 11 is 0. The molecule has 0 aliphatic heterocycles. The van der Waals surface area contributed by atoms with Gasteiger partial charge in [0.1, 0.15) is 11.4 Å². The molecule has 0 bridgehead atoms. The standard InChI is InChI=1S/C23H27N5O3/c1-3-11-24-23(31)28-20(15-6-4-7-15)14-18(26-28)17-13-16(9-10-21(17)29)25-22(30)19-8-5-12-27(19)2/h5,8-10,12-15,29H,3-4,6-7,11H2,1-2H3,(H,24,31)(H,25,30). The number of benzene rings is 1. The molecule has 1 aliphatic rings. The number of phenolic OH excluding ortho intramolecular Hbond substituents is 1. The van der Waals surface area contributed by atoms with Crippen molar-refractivity contribution in [2.45, 2.75) is 38.5 Å². The van der Waals surface area contributed by atoms with Crippen molar-refractivity contribution in [1.29, 1.82) is 0 Å². The molecule has 162 valence electrons. The first kappa shape index (κ1) is 20.7. The van der Waals surface area contributed by atoms with Crippen LogP contribution in [0.5, 0.6) is 5.75 Å². The number of rotatable bonds is 6. The maximum absolute atomic E-state index is 12.6. The highest BCUT2D eigenvalue weighted by molar-refractivity contribution is 6.03. The first-order valence-electron chi connectivity index (χ1n) is 10.6. The van der Waals surface area contributed by atoms with Crippen LogP contribution in [0.25, 0.3) is 11.3 Å². The van der Waals surface area contributed by atoms with Crippen molar-refractivity contribution >= 4 is 17.6 Å². The normalized spacial score (nSPS) is 13.6. The monoisotopic (exact) mass is 421 g/mol. The number of aromatic hydroxyl groups is 1. The molecular formula is C23H27N5O3. The summed E-state index contributed by atoms with van der Waals surface area (Å²) in [6.07, 6.45) is 5.81. The number of aryl methyl sites for hydroxylation is 1. The van der Waals surface area contributed by atoms with Gasteiger partial charge in [0.2, 0.25) is 0 Å². The van der Waals surface area contributed by atoms with Gasteiger partial charge in [-0.25, -0.2) is 4.79 Å². The minimum Gasteiger partial charge on any atom is -0.507 e. The Morgan fingerprint density at radius 3 is 2.68 bits per heavy atom. The van der Waals surface area contributed by atoms with E-state index in [4.69, 9.17) is 0 Å². The summed E-state index contributed by atoms with van der Waals surface area (Å²) in [6, 6.07) is 9.98. The highest BCUT2D eigenvalue weighted by Crippen LogP contribution is 2.39. The van der Waals surface area contributed by atoms with Gasteiger partial charge in [-0.15, -0.1) is 0 Å². The van der Waals surface area contributed by atoms with Crippen molar-refractivity contribution in [2.75, 3.05) is 11.9 Å². The topological polar surface area (TPSA) is 101 Å². The summed E-state index contributed by atoms with van der Waals surface area (Å²) < 4.78 is 3.15. The number of nitrogens with zero attached hydrogens (tertiary/aromatic N) is 3. The summed E-state index contributed by atoms with van der Waals surface area (Å²) in [4.78, 5) is 25.2. The van der Waals surface area contributed by atoms with Crippen LogP contribution >= 0.6 is 0 Å². The molecule has 1 saturated carbocycles. The molecule has 2 heterocycles. The highest BCUT2D eigenvalue weighted by Gasteiger charge is 2.27. The zero-order valence-corrected chi connectivity index (χ0v) is 17.8. The van der Waals surface area contributed by atoms with E-state index in [1.54, 1.807) is 42.1 Å². The zero-order valence-electron chi connectivity index (χ0n) is 17.8. The number of phenols is 1. The van der Waals surface area contributed by atoms with Gasteiger partial charge in [-0.1, -0.05) is 13.3 Å². The molecule has 4 rings (SSSR count). The Balaban J connectivity index is 1.65. The van der Waals surface area contributed by atoms with Crippen LogP contribution in [0.2, 0.25) is 0 Å². The minimum absolute atomic E-state index is 0.0376. The van der Waals surface area contributed by atoms with Crippen molar-refractivity contribution < 1.29 is 14.7 Å². The third-order valence-corrected chi connectivity index (χ3v) is 5.69. The molecule has 0 saturated heterocycles. The minimum atomic E-state index is -0.261. The predicted octanol–water partition coefficient (Wildman–Crippen LogP) is 4.08. The average molecular weight is 422 g/mol. The Hall–Kier alpha value is -3.55. The van der Waals surface area contributed by atoms with E-state index in [0.717, 1.165) is 31.4 Å². The highest BCUT2D eigenvalue weighted by atomic mass is 16.3. The Morgan fingerprint density at radius 1 is 1.23 bits per heavy atom. The van der Waals surface area contributed by atoms with Gasteiger partial charge in [-0.2, -0.15) is 9.78 Å². The molecule has 31 heavy (non-hydrogen) atoms. The van der Waals surface area contributed by atoms with Gasteiger partial charge < -0.3 is 20.3 Å². The molecule has 0 unspecified atom stereocenters. The number of hydrogen-bond donors (Lipinski definition) is 3. The summed E-state index contributed by atoms with van der Waals surface area (Å²) in [5.41, 5.74) is 2.88. The third kappa shape index (κ3) is 4.19. The summed E-state index contributed by atoms with van der Waals surface area (Å²) in [5.74, 6) is 0.0791. The Morgan fingerprint density at radius 2 is 2.03 bits per heavy atom. The molecule has 2 aromatic heterocycles. The SMILES string of the molecule is CCCNC(=O)n1nc(-c2cc(NC(=O)c3cccn3C)ccc2O)cc1C1CCC1. The molecule has 8 nitrogen and oxygen atoms in total. The molecular weight excluding hydrogens is 394 g/mol. The predicted molar refractivity (Wildman–Crippen MR) is 118 cm³/mol. The number of nitrogens with one attached hydrogen (secondary N) is 2. The number of amides is 2. The Labute approximate surface area is 180 Å². The molecule has 1 aromatic carbocycles. The van der Waals surface area contributed by atoms with E-state index in [9.17, 15) is 14.7 Å². The fourth-order valence-corrected chi connectivity index (χ4v) is 3.70. The molecule has 0 radical (unpaired) electrons. The van der Waals surface area contributed by atoms with E-state index in [0.29, 0.717) is 29.2 Å². The lowest BCUT2D eigenvalue weighted by Crippen LogP contribution is -2.32. The van der Waals surface area contributed by atoms with E-state index < -0.39 is 0 Å². The molecule has 0 spiro atoms. The van der Waals surface area contributed by atoms with Crippen LogP contribution in [0.1, 0.15) is 54.7 Å². The van der Waals surface area contributed by atoms with Gasteiger partial charge in [-0.05, 0) is 55.7 Å². The summed E-state index contributed by atoms with van der Waals surface area (Å²) in [5, 5.41) is 20.7.